The van der Waals surface area contributed by atoms with Gasteiger partial charge in [0.2, 0.25) is 0 Å². The number of halogens is 1. The van der Waals surface area contributed by atoms with Crippen molar-refractivity contribution < 1.29 is 9.47 Å². The van der Waals surface area contributed by atoms with Crippen molar-refractivity contribution in [3.8, 4) is 0 Å². The van der Waals surface area contributed by atoms with E-state index in [1.807, 2.05) is 0 Å². The van der Waals surface area contributed by atoms with Crippen molar-refractivity contribution in [2.75, 3.05) is 40.5 Å². The molecule has 4 heteroatoms. The fourth-order valence-electron chi connectivity index (χ4n) is 0.711. The van der Waals surface area contributed by atoms with Crippen molar-refractivity contribution >= 4 is 12.4 Å². The predicted octanol–water partition coefficient (Wildman–Crippen LogP) is 1.15. The van der Waals surface area contributed by atoms with E-state index in [4.69, 9.17) is 9.47 Å². The Labute approximate surface area is 80.7 Å². The molecular formula is C8H18ClNO2. The molecule has 0 spiro atoms. The summed E-state index contributed by atoms with van der Waals surface area (Å²) >= 11 is 0. The van der Waals surface area contributed by atoms with Crippen LogP contribution in [0.4, 0.5) is 0 Å². The lowest BCUT2D eigenvalue weighted by Gasteiger charge is -2.18. The number of nitrogens with zero attached hydrogens (tertiary/aromatic N) is 1. The maximum absolute atomic E-state index is 4.92. The van der Waals surface area contributed by atoms with Gasteiger partial charge in [-0.15, -0.1) is 12.4 Å². The van der Waals surface area contributed by atoms with Gasteiger partial charge in [-0.3, -0.25) is 0 Å². The maximum atomic E-state index is 4.92. The highest BCUT2D eigenvalue weighted by molar-refractivity contribution is 5.85. The molecule has 0 aromatic heterocycles. The third-order valence-electron chi connectivity index (χ3n) is 1.42. The molecule has 0 rings (SSSR count). The summed E-state index contributed by atoms with van der Waals surface area (Å²) in [7, 11) is 3.38. The van der Waals surface area contributed by atoms with E-state index in [1.165, 1.54) is 0 Å². The summed E-state index contributed by atoms with van der Waals surface area (Å²) in [4.78, 5) is 2.06. The second-order valence-electron chi connectivity index (χ2n) is 2.20. The first-order valence-corrected chi connectivity index (χ1v) is 3.69. The van der Waals surface area contributed by atoms with E-state index < -0.39 is 0 Å². The van der Waals surface area contributed by atoms with Gasteiger partial charge in [-0.2, -0.15) is 0 Å². The number of ether oxygens (including phenoxy) is 2. The fraction of sp³-hybridized carbons (Fsp3) is 0.750. The smallest absolute Gasteiger partial charge is 0.0637 e. The molecule has 0 bridgehead atoms. The number of hydrogen-bond acceptors (Lipinski definition) is 3. The Morgan fingerprint density at radius 1 is 1.17 bits per heavy atom. The third-order valence-corrected chi connectivity index (χ3v) is 1.42. The normalized spacial score (nSPS) is 8.83. The monoisotopic (exact) mass is 195 g/mol. The first-order chi connectivity index (χ1) is 5.35. The molecule has 0 radical (unpaired) electrons. The van der Waals surface area contributed by atoms with E-state index >= 15 is 0 Å². The van der Waals surface area contributed by atoms with Gasteiger partial charge in [-0.05, 0) is 6.20 Å². The zero-order valence-corrected chi connectivity index (χ0v) is 8.60. The average Bonchev–Trinajstić information content (AvgIpc) is 2.05. The van der Waals surface area contributed by atoms with E-state index in [1.54, 1.807) is 20.4 Å². The van der Waals surface area contributed by atoms with Gasteiger partial charge in [0.15, 0.2) is 0 Å². The second kappa shape index (κ2) is 10.8. The van der Waals surface area contributed by atoms with Crippen LogP contribution in [-0.4, -0.2) is 45.4 Å². The van der Waals surface area contributed by atoms with Crippen molar-refractivity contribution in [1.29, 1.82) is 0 Å². The zero-order valence-electron chi connectivity index (χ0n) is 7.78. The first kappa shape index (κ1) is 14.3. The molecule has 0 fully saturated rings. The van der Waals surface area contributed by atoms with Crippen molar-refractivity contribution in [3.05, 3.63) is 12.8 Å². The lowest BCUT2D eigenvalue weighted by molar-refractivity contribution is 0.138. The molecule has 12 heavy (non-hydrogen) atoms. The molecular weight excluding hydrogens is 178 g/mol. The molecule has 0 aromatic rings. The summed E-state index contributed by atoms with van der Waals surface area (Å²) in [6.07, 6.45) is 1.80. The summed E-state index contributed by atoms with van der Waals surface area (Å²) in [5.41, 5.74) is 0. The van der Waals surface area contributed by atoms with Gasteiger partial charge in [-0.1, -0.05) is 6.58 Å². The van der Waals surface area contributed by atoms with Crippen LogP contribution in [0.2, 0.25) is 0 Å². The Balaban J connectivity index is 0. The van der Waals surface area contributed by atoms with Crippen LogP contribution in [0.15, 0.2) is 12.8 Å². The lowest BCUT2D eigenvalue weighted by Crippen LogP contribution is -2.25. The molecule has 0 saturated heterocycles. The average molecular weight is 196 g/mol. The topological polar surface area (TPSA) is 21.7 Å². The van der Waals surface area contributed by atoms with Gasteiger partial charge >= 0.3 is 0 Å². The molecule has 0 heterocycles. The van der Waals surface area contributed by atoms with Gasteiger partial charge < -0.3 is 14.4 Å². The van der Waals surface area contributed by atoms with E-state index in [9.17, 15) is 0 Å². The summed E-state index contributed by atoms with van der Waals surface area (Å²) in [6, 6.07) is 0. The molecule has 74 valence electrons. The van der Waals surface area contributed by atoms with Crippen LogP contribution in [-0.2, 0) is 9.47 Å². The molecule has 0 aliphatic carbocycles. The van der Waals surface area contributed by atoms with E-state index in [2.05, 4.69) is 11.5 Å². The van der Waals surface area contributed by atoms with Crippen LogP contribution in [0, 0.1) is 0 Å². The lowest BCUT2D eigenvalue weighted by atomic mass is 10.5. The van der Waals surface area contributed by atoms with E-state index in [-0.39, 0.29) is 12.4 Å². The van der Waals surface area contributed by atoms with Crippen molar-refractivity contribution in [2.24, 2.45) is 0 Å². The largest absolute Gasteiger partial charge is 0.383 e. The fourth-order valence-corrected chi connectivity index (χ4v) is 0.711. The van der Waals surface area contributed by atoms with E-state index in [0.717, 1.165) is 26.3 Å². The van der Waals surface area contributed by atoms with Crippen molar-refractivity contribution in [2.45, 2.75) is 0 Å². The van der Waals surface area contributed by atoms with Gasteiger partial charge in [0.25, 0.3) is 0 Å². The molecule has 0 aliphatic rings. The van der Waals surface area contributed by atoms with E-state index in [0.29, 0.717) is 0 Å². The Bertz CT molecular complexity index is 93.1. The van der Waals surface area contributed by atoms with Gasteiger partial charge in [0.05, 0.1) is 13.2 Å². The summed E-state index contributed by atoms with van der Waals surface area (Å²) in [6.45, 7) is 6.90. The second-order valence-corrected chi connectivity index (χ2v) is 2.20. The Morgan fingerprint density at radius 2 is 1.58 bits per heavy atom. The highest BCUT2D eigenvalue weighted by Crippen LogP contribution is 1.87. The number of rotatable bonds is 7. The Hall–Kier alpha value is -0.250. The summed E-state index contributed by atoms with van der Waals surface area (Å²) < 4.78 is 9.85. The first-order valence-electron chi connectivity index (χ1n) is 3.69. The molecule has 0 aromatic carbocycles. The highest BCUT2D eigenvalue weighted by atomic mass is 35.5. The minimum absolute atomic E-state index is 0. The standard InChI is InChI=1S/C8H17NO2.ClH/c1-4-9(5-7-10-2)6-8-11-3;/h4H,1,5-8H2,2-3H3;1H. The summed E-state index contributed by atoms with van der Waals surface area (Å²) in [5, 5.41) is 0. The Kier molecular flexibility index (Phi) is 12.8. The molecule has 0 amide bonds. The maximum Gasteiger partial charge on any atom is 0.0637 e. The molecule has 0 N–H and O–H groups in total. The van der Waals surface area contributed by atoms with Crippen molar-refractivity contribution in [1.82, 2.24) is 4.90 Å². The molecule has 0 aliphatic heterocycles. The number of methoxy groups -OCH3 is 2. The van der Waals surface area contributed by atoms with Crippen LogP contribution >= 0.6 is 12.4 Å². The summed E-state index contributed by atoms with van der Waals surface area (Å²) in [5.74, 6) is 0. The quantitative estimate of drug-likeness (QED) is 0.609. The highest BCUT2D eigenvalue weighted by Gasteiger charge is 1.95. The third kappa shape index (κ3) is 7.85. The van der Waals surface area contributed by atoms with Crippen LogP contribution in [0.25, 0.3) is 0 Å². The SMILES string of the molecule is C=CN(CCOC)CCOC.Cl. The Morgan fingerprint density at radius 3 is 1.83 bits per heavy atom. The predicted molar refractivity (Wildman–Crippen MR) is 52.8 cm³/mol. The van der Waals surface area contributed by atoms with Crippen LogP contribution < -0.4 is 0 Å². The molecule has 0 unspecified atom stereocenters. The van der Waals surface area contributed by atoms with Gasteiger partial charge in [-0.25, -0.2) is 0 Å². The van der Waals surface area contributed by atoms with Crippen LogP contribution in [0.3, 0.4) is 0 Å². The molecule has 0 atom stereocenters. The van der Waals surface area contributed by atoms with Crippen molar-refractivity contribution in [3.63, 3.8) is 0 Å². The van der Waals surface area contributed by atoms with Gasteiger partial charge in [0.1, 0.15) is 0 Å². The van der Waals surface area contributed by atoms with Crippen LogP contribution in [0.5, 0.6) is 0 Å². The minimum atomic E-state index is 0. The zero-order chi connectivity index (χ0) is 8.53. The number of hydrogen-bond donors (Lipinski definition) is 0. The molecule has 3 nitrogen and oxygen atoms in total. The van der Waals surface area contributed by atoms with Gasteiger partial charge in [0, 0.05) is 27.3 Å². The molecule has 0 saturated carbocycles. The van der Waals surface area contributed by atoms with Crippen LogP contribution in [0.1, 0.15) is 0 Å². The minimum Gasteiger partial charge on any atom is -0.383 e.